The first-order valence-electron chi connectivity index (χ1n) is 12.0. The SMILES string of the molecule is c1ccc2c(c1)Cc1cc3c(cc1-2)-c1cc2c(cc1C3)nc1c3cccnc3c3ccncc3n21. The summed E-state index contributed by atoms with van der Waals surface area (Å²) in [6, 6.07) is 24.5. The van der Waals surface area contributed by atoms with Crippen LogP contribution in [0.4, 0.5) is 0 Å². The van der Waals surface area contributed by atoms with Gasteiger partial charge in [-0.15, -0.1) is 0 Å². The molecule has 0 N–H and O–H groups in total. The second-order valence-corrected chi connectivity index (χ2v) is 9.74. The molecule has 2 aliphatic rings. The minimum atomic E-state index is 0.940. The van der Waals surface area contributed by atoms with Crippen LogP contribution in [0.5, 0.6) is 0 Å². The van der Waals surface area contributed by atoms with Crippen molar-refractivity contribution >= 4 is 38.5 Å². The van der Waals surface area contributed by atoms with Gasteiger partial charge in [0.2, 0.25) is 0 Å². The van der Waals surface area contributed by atoms with Crippen molar-refractivity contribution in [1.29, 1.82) is 0 Å². The van der Waals surface area contributed by atoms with Crippen molar-refractivity contribution in [2.24, 2.45) is 0 Å². The second-order valence-electron chi connectivity index (χ2n) is 9.74. The zero-order valence-electron chi connectivity index (χ0n) is 18.8. The Morgan fingerprint density at radius 3 is 2.43 bits per heavy atom. The molecule has 35 heavy (non-hydrogen) atoms. The molecular weight excluding hydrogens is 428 g/mol. The fourth-order valence-corrected chi connectivity index (χ4v) is 6.39. The number of imidazole rings is 1. The van der Waals surface area contributed by atoms with Gasteiger partial charge in [-0.2, -0.15) is 0 Å². The van der Waals surface area contributed by atoms with Gasteiger partial charge in [-0.25, -0.2) is 4.98 Å². The van der Waals surface area contributed by atoms with Gasteiger partial charge in [0.15, 0.2) is 0 Å². The molecule has 4 aromatic heterocycles. The summed E-state index contributed by atoms with van der Waals surface area (Å²) >= 11 is 0. The molecule has 3 aromatic carbocycles. The molecule has 162 valence electrons. The highest BCUT2D eigenvalue weighted by molar-refractivity contribution is 6.12. The van der Waals surface area contributed by atoms with Crippen LogP contribution in [0.1, 0.15) is 22.3 Å². The predicted molar refractivity (Wildman–Crippen MR) is 140 cm³/mol. The number of rotatable bonds is 0. The van der Waals surface area contributed by atoms with E-state index < -0.39 is 0 Å². The van der Waals surface area contributed by atoms with Crippen LogP contribution in [0, 0.1) is 0 Å². The van der Waals surface area contributed by atoms with E-state index in [1.807, 2.05) is 24.7 Å². The Bertz CT molecular complexity index is 2070. The molecule has 0 amide bonds. The van der Waals surface area contributed by atoms with Crippen LogP contribution < -0.4 is 0 Å². The molecule has 2 aliphatic carbocycles. The maximum atomic E-state index is 5.12. The fraction of sp³-hybridized carbons (Fsp3) is 0.0645. The summed E-state index contributed by atoms with van der Waals surface area (Å²) in [7, 11) is 0. The number of hydrogen-bond acceptors (Lipinski definition) is 3. The lowest BCUT2D eigenvalue weighted by atomic mass is 9.98. The lowest BCUT2D eigenvalue weighted by molar-refractivity contribution is 1.21. The summed E-state index contributed by atoms with van der Waals surface area (Å²) in [6.45, 7) is 0. The Balaban J connectivity index is 1.37. The normalized spacial score (nSPS) is 13.5. The van der Waals surface area contributed by atoms with E-state index in [1.165, 1.54) is 44.5 Å². The predicted octanol–water partition coefficient (Wildman–Crippen LogP) is 6.73. The van der Waals surface area contributed by atoms with E-state index in [9.17, 15) is 0 Å². The highest BCUT2D eigenvalue weighted by atomic mass is 15.0. The van der Waals surface area contributed by atoms with E-state index in [0.29, 0.717) is 0 Å². The highest BCUT2D eigenvalue weighted by Gasteiger charge is 2.26. The number of fused-ring (bicyclic) bond motifs is 14. The summed E-state index contributed by atoms with van der Waals surface area (Å²) in [5.74, 6) is 0. The summed E-state index contributed by atoms with van der Waals surface area (Å²) in [4.78, 5) is 14.3. The second kappa shape index (κ2) is 6.10. The molecule has 0 radical (unpaired) electrons. The smallest absolute Gasteiger partial charge is 0.148 e. The fourth-order valence-electron chi connectivity index (χ4n) is 6.39. The molecule has 0 saturated carbocycles. The lowest BCUT2D eigenvalue weighted by Crippen LogP contribution is -1.93. The third-order valence-corrected chi connectivity index (χ3v) is 7.91. The summed E-state index contributed by atoms with van der Waals surface area (Å²) in [5.41, 5.74) is 16.2. The Hall–Kier alpha value is -4.57. The first-order chi connectivity index (χ1) is 17.3. The van der Waals surface area contributed by atoms with Crippen LogP contribution >= 0.6 is 0 Å². The molecule has 4 nitrogen and oxygen atoms in total. The molecule has 4 heterocycles. The molecule has 0 saturated heterocycles. The topological polar surface area (TPSA) is 43.1 Å². The largest absolute Gasteiger partial charge is 0.290 e. The Kier molecular flexibility index (Phi) is 3.11. The van der Waals surface area contributed by atoms with Crippen LogP contribution in [0.2, 0.25) is 0 Å². The van der Waals surface area contributed by atoms with Gasteiger partial charge < -0.3 is 0 Å². The van der Waals surface area contributed by atoms with Gasteiger partial charge in [0.1, 0.15) is 5.65 Å². The third kappa shape index (κ3) is 2.20. The van der Waals surface area contributed by atoms with E-state index in [-0.39, 0.29) is 0 Å². The molecule has 9 rings (SSSR count). The number of aromatic nitrogens is 4. The Morgan fingerprint density at radius 2 is 1.46 bits per heavy atom. The van der Waals surface area contributed by atoms with Crippen molar-refractivity contribution in [2.75, 3.05) is 0 Å². The quantitative estimate of drug-likeness (QED) is 0.243. The Morgan fingerprint density at radius 1 is 0.629 bits per heavy atom. The van der Waals surface area contributed by atoms with Crippen LogP contribution in [-0.4, -0.2) is 19.4 Å². The van der Waals surface area contributed by atoms with E-state index in [1.54, 1.807) is 0 Å². The lowest BCUT2D eigenvalue weighted by Gasteiger charge is -2.09. The first-order valence-corrected chi connectivity index (χ1v) is 12.0. The van der Waals surface area contributed by atoms with Gasteiger partial charge in [-0.05, 0) is 93.7 Å². The first kappa shape index (κ1) is 17.8. The van der Waals surface area contributed by atoms with Crippen LogP contribution in [0.3, 0.4) is 0 Å². The summed E-state index contributed by atoms with van der Waals surface area (Å²) in [5, 5.41) is 2.16. The van der Waals surface area contributed by atoms with Crippen molar-refractivity contribution in [3.8, 4) is 22.3 Å². The molecule has 7 aromatic rings. The molecule has 0 bridgehead atoms. The monoisotopic (exact) mass is 446 g/mol. The van der Waals surface area contributed by atoms with Crippen molar-refractivity contribution in [1.82, 2.24) is 19.4 Å². The van der Waals surface area contributed by atoms with Crippen molar-refractivity contribution in [3.05, 3.63) is 108 Å². The third-order valence-electron chi connectivity index (χ3n) is 7.91. The number of benzene rings is 3. The van der Waals surface area contributed by atoms with Gasteiger partial charge in [0.25, 0.3) is 0 Å². The molecule has 0 atom stereocenters. The molecule has 0 unspecified atom stereocenters. The van der Waals surface area contributed by atoms with Gasteiger partial charge in [0.05, 0.1) is 28.3 Å². The van der Waals surface area contributed by atoms with Gasteiger partial charge in [-0.1, -0.05) is 30.3 Å². The zero-order valence-corrected chi connectivity index (χ0v) is 18.8. The average Bonchev–Trinajstić information content (AvgIpc) is 3.56. The molecule has 4 heteroatoms. The van der Waals surface area contributed by atoms with Gasteiger partial charge in [0, 0.05) is 23.2 Å². The average molecular weight is 447 g/mol. The van der Waals surface area contributed by atoms with Crippen molar-refractivity contribution in [3.63, 3.8) is 0 Å². The van der Waals surface area contributed by atoms with Crippen molar-refractivity contribution < 1.29 is 0 Å². The van der Waals surface area contributed by atoms with Crippen molar-refractivity contribution in [2.45, 2.75) is 12.8 Å². The summed E-state index contributed by atoms with van der Waals surface area (Å²) in [6.07, 6.45) is 7.62. The Labute approximate surface area is 200 Å². The van der Waals surface area contributed by atoms with Gasteiger partial charge >= 0.3 is 0 Å². The number of hydrogen-bond donors (Lipinski definition) is 0. The summed E-state index contributed by atoms with van der Waals surface area (Å²) < 4.78 is 2.27. The van der Waals surface area contributed by atoms with Crippen LogP contribution in [0.15, 0.2) is 85.3 Å². The van der Waals surface area contributed by atoms with E-state index in [0.717, 1.165) is 51.3 Å². The van der Waals surface area contributed by atoms with Gasteiger partial charge in [-0.3, -0.25) is 14.4 Å². The van der Waals surface area contributed by atoms with Crippen LogP contribution in [-0.2, 0) is 12.8 Å². The van der Waals surface area contributed by atoms with E-state index in [4.69, 9.17) is 9.97 Å². The van der Waals surface area contributed by atoms with Crippen LogP contribution in [0.25, 0.3) is 60.7 Å². The number of pyridine rings is 3. The zero-order chi connectivity index (χ0) is 22.7. The minimum Gasteiger partial charge on any atom is -0.290 e. The minimum absolute atomic E-state index is 0.940. The standard InChI is InChI=1S/C31H18N4/c1-2-5-21-17(4-1)10-18-11-19-12-20-13-27-28(15-26(20)25(19)14-24(18)21)35-29-16-32-9-7-22(29)30-23(31(35)34-27)6-3-8-33-30/h1-9,11,13-16H,10,12H2. The molecule has 0 spiro atoms. The number of nitrogens with zero attached hydrogens (tertiary/aromatic N) is 4. The maximum Gasteiger partial charge on any atom is 0.148 e. The maximum absolute atomic E-state index is 5.12. The molecule has 0 fully saturated rings. The van der Waals surface area contributed by atoms with E-state index >= 15 is 0 Å². The molecular formula is C31H18N4. The van der Waals surface area contributed by atoms with E-state index in [2.05, 4.69) is 70.0 Å². The highest BCUT2D eigenvalue weighted by Crippen LogP contribution is 2.46. The molecule has 0 aliphatic heterocycles.